The molecule has 0 spiro atoms. The molecule has 0 amide bonds. The van der Waals surface area contributed by atoms with Crippen molar-refractivity contribution in [2.75, 3.05) is 12.3 Å². The Hall–Kier alpha value is -1.02. The van der Waals surface area contributed by atoms with Gasteiger partial charge in [-0.25, -0.2) is 0 Å². The van der Waals surface area contributed by atoms with Crippen molar-refractivity contribution in [1.29, 1.82) is 0 Å². The second-order valence-electron chi connectivity index (χ2n) is 4.91. The van der Waals surface area contributed by atoms with Crippen LogP contribution < -0.4 is 11.1 Å². The molecule has 1 saturated carbocycles. The Kier molecular flexibility index (Phi) is 3.49. The maximum atomic E-state index is 5.66. The Morgan fingerprint density at radius 2 is 1.94 bits per heavy atom. The molecule has 2 nitrogen and oxygen atoms in total. The zero-order valence-electron chi connectivity index (χ0n) is 10.1. The lowest BCUT2D eigenvalue weighted by atomic mass is 9.75. The molecule has 0 bridgehead atoms. The van der Waals surface area contributed by atoms with Gasteiger partial charge in [0.1, 0.15) is 0 Å². The molecule has 1 aromatic carbocycles. The van der Waals surface area contributed by atoms with Crippen molar-refractivity contribution in [1.82, 2.24) is 5.32 Å². The lowest BCUT2D eigenvalue weighted by Gasteiger charge is -2.42. The summed E-state index contributed by atoms with van der Waals surface area (Å²) in [6.45, 7) is 3.37. The van der Waals surface area contributed by atoms with E-state index in [4.69, 9.17) is 5.73 Å². The van der Waals surface area contributed by atoms with Crippen LogP contribution in [0.4, 0.5) is 5.69 Å². The Labute approximate surface area is 98.2 Å². The van der Waals surface area contributed by atoms with Gasteiger partial charge in [-0.15, -0.1) is 0 Å². The van der Waals surface area contributed by atoms with Crippen molar-refractivity contribution in [2.24, 2.45) is 0 Å². The van der Waals surface area contributed by atoms with E-state index in [9.17, 15) is 0 Å². The van der Waals surface area contributed by atoms with Gasteiger partial charge in [-0.05, 0) is 56.3 Å². The molecule has 2 heteroatoms. The molecule has 0 saturated heterocycles. The molecule has 0 aliphatic heterocycles. The van der Waals surface area contributed by atoms with Crippen LogP contribution in [0.25, 0.3) is 0 Å². The number of anilines is 1. The predicted octanol–water partition coefficient (Wildman–Crippen LogP) is 2.73. The maximum absolute atomic E-state index is 5.66. The van der Waals surface area contributed by atoms with Gasteiger partial charge in [-0.3, -0.25) is 0 Å². The molecule has 16 heavy (non-hydrogen) atoms. The van der Waals surface area contributed by atoms with Crippen molar-refractivity contribution >= 4 is 5.69 Å². The molecule has 0 unspecified atom stereocenters. The third-order valence-corrected chi connectivity index (χ3v) is 3.88. The zero-order chi connectivity index (χ0) is 11.4. The van der Waals surface area contributed by atoms with Crippen molar-refractivity contribution in [3.63, 3.8) is 0 Å². The van der Waals surface area contributed by atoms with Gasteiger partial charge >= 0.3 is 0 Å². The van der Waals surface area contributed by atoms with Crippen LogP contribution in [0.5, 0.6) is 0 Å². The highest BCUT2D eigenvalue weighted by molar-refractivity contribution is 5.39. The highest BCUT2D eigenvalue weighted by Gasteiger charge is 2.33. The highest BCUT2D eigenvalue weighted by Crippen LogP contribution is 2.34. The third kappa shape index (κ3) is 2.56. The van der Waals surface area contributed by atoms with Gasteiger partial charge in [0.05, 0.1) is 0 Å². The predicted molar refractivity (Wildman–Crippen MR) is 69.4 cm³/mol. The SMILES string of the molecule is CCC1(NCCc2ccc(N)cc2)CCC1. The van der Waals surface area contributed by atoms with E-state index in [1.807, 2.05) is 12.1 Å². The fraction of sp³-hybridized carbons (Fsp3) is 0.571. The number of nitrogens with one attached hydrogen (secondary N) is 1. The van der Waals surface area contributed by atoms with Gasteiger partial charge < -0.3 is 11.1 Å². The Bertz CT molecular complexity index is 320. The molecule has 88 valence electrons. The normalized spacial score (nSPS) is 18.1. The lowest BCUT2D eigenvalue weighted by Crippen LogP contribution is -2.51. The molecule has 1 fully saturated rings. The number of benzene rings is 1. The molecule has 1 aliphatic rings. The van der Waals surface area contributed by atoms with Crippen molar-refractivity contribution < 1.29 is 0 Å². The fourth-order valence-electron chi connectivity index (χ4n) is 2.42. The summed E-state index contributed by atoms with van der Waals surface area (Å²) >= 11 is 0. The van der Waals surface area contributed by atoms with E-state index in [0.29, 0.717) is 5.54 Å². The average molecular weight is 218 g/mol. The number of nitrogen functional groups attached to an aromatic ring is 1. The second-order valence-corrected chi connectivity index (χ2v) is 4.91. The molecule has 1 aromatic rings. The van der Waals surface area contributed by atoms with Crippen molar-refractivity contribution in [3.8, 4) is 0 Å². The van der Waals surface area contributed by atoms with Crippen LogP contribution in [0, 0.1) is 0 Å². The molecular formula is C14H22N2. The highest BCUT2D eigenvalue weighted by atomic mass is 15.0. The molecule has 2 rings (SSSR count). The van der Waals surface area contributed by atoms with Crippen LogP contribution in [0.2, 0.25) is 0 Å². The van der Waals surface area contributed by atoms with Gasteiger partial charge in [0.15, 0.2) is 0 Å². The Morgan fingerprint density at radius 1 is 1.25 bits per heavy atom. The van der Waals surface area contributed by atoms with Gasteiger partial charge in [0, 0.05) is 11.2 Å². The first-order chi connectivity index (χ1) is 7.74. The van der Waals surface area contributed by atoms with E-state index in [2.05, 4.69) is 24.4 Å². The van der Waals surface area contributed by atoms with Crippen LogP contribution in [0.3, 0.4) is 0 Å². The topological polar surface area (TPSA) is 38.0 Å². The molecule has 1 aliphatic carbocycles. The van der Waals surface area contributed by atoms with E-state index in [0.717, 1.165) is 18.7 Å². The quantitative estimate of drug-likeness (QED) is 0.746. The number of hydrogen-bond acceptors (Lipinski definition) is 2. The molecular weight excluding hydrogens is 196 g/mol. The van der Waals surface area contributed by atoms with Gasteiger partial charge in [0.25, 0.3) is 0 Å². The van der Waals surface area contributed by atoms with Crippen LogP contribution >= 0.6 is 0 Å². The molecule has 0 atom stereocenters. The lowest BCUT2D eigenvalue weighted by molar-refractivity contribution is 0.179. The second kappa shape index (κ2) is 4.88. The zero-order valence-corrected chi connectivity index (χ0v) is 10.1. The Balaban J connectivity index is 1.77. The van der Waals surface area contributed by atoms with E-state index in [1.54, 1.807) is 0 Å². The summed E-state index contributed by atoms with van der Waals surface area (Å²) in [5.74, 6) is 0. The van der Waals surface area contributed by atoms with E-state index >= 15 is 0 Å². The minimum Gasteiger partial charge on any atom is -0.399 e. The number of hydrogen-bond donors (Lipinski definition) is 2. The summed E-state index contributed by atoms with van der Waals surface area (Å²) in [7, 11) is 0. The van der Waals surface area contributed by atoms with E-state index < -0.39 is 0 Å². The summed E-state index contributed by atoms with van der Waals surface area (Å²) < 4.78 is 0. The molecule has 0 radical (unpaired) electrons. The van der Waals surface area contributed by atoms with Crippen LogP contribution in [0.1, 0.15) is 38.2 Å². The first-order valence-corrected chi connectivity index (χ1v) is 6.33. The Morgan fingerprint density at radius 3 is 2.44 bits per heavy atom. The summed E-state index contributed by atoms with van der Waals surface area (Å²) in [4.78, 5) is 0. The average Bonchev–Trinajstić information content (AvgIpc) is 2.25. The monoisotopic (exact) mass is 218 g/mol. The third-order valence-electron chi connectivity index (χ3n) is 3.88. The summed E-state index contributed by atoms with van der Waals surface area (Å²) in [5, 5.41) is 3.71. The van der Waals surface area contributed by atoms with Gasteiger partial charge in [-0.2, -0.15) is 0 Å². The smallest absolute Gasteiger partial charge is 0.0314 e. The van der Waals surface area contributed by atoms with E-state index in [1.165, 1.54) is 31.2 Å². The first-order valence-electron chi connectivity index (χ1n) is 6.33. The van der Waals surface area contributed by atoms with Crippen LogP contribution in [-0.4, -0.2) is 12.1 Å². The van der Waals surface area contributed by atoms with Crippen molar-refractivity contribution in [2.45, 2.75) is 44.6 Å². The minimum atomic E-state index is 0.466. The standard InChI is InChI=1S/C14H22N2/c1-2-14(9-3-10-14)16-11-8-12-4-6-13(15)7-5-12/h4-7,16H,2-3,8-11,15H2,1H3. The van der Waals surface area contributed by atoms with Crippen LogP contribution in [0.15, 0.2) is 24.3 Å². The fourth-order valence-corrected chi connectivity index (χ4v) is 2.42. The summed E-state index contributed by atoms with van der Waals surface area (Å²) in [6.07, 6.45) is 6.45. The number of rotatable bonds is 5. The van der Waals surface area contributed by atoms with Crippen molar-refractivity contribution in [3.05, 3.63) is 29.8 Å². The minimum absolute atomic E-state index is 0.466. The molecule has 3 N–H and O–H groups in total. The molecule has 0 heterocycles. The van der Waals surface area contributed by atoms with E-state index in [-0.39, 0.29) is 0 Å². The van der Waals surface area contributed by atoms with Crippen LogP contribution in [-0.2, 0) is 6.42 Å². The molecule has 0 aromatic heterocycles. The summed E-state index contributed by atoms with van der Waals surface area (Å²) in [5.41, 5.74) is 8.34. The summed E-state index contributed by atoms with van der Waals surface area (Å²) in [6, 6.07) is 8.20. The van der Waals surface area contributed by atoms with Gasteiger partial charge in [0.2, 0.25) is 0 Å². The number of nitrogens with two attached hydrogens (primary N) is 1. The maximum Gasteiger partial charge on any atom is 0.0314 e. The largest absolute Gasteiger partial charge is 0.399 e. The van der Waals surface area contributed by atoms with Gasteiger partial charge in [-0.1, -0.05) is 19.1 Å². The first kappa shape index (κ1) is 11.5.